The average molecular weight is 927 g/mol. The maximum absolute atomic E-state index is 14.7. The highest BCUT2D eigenvalue weighted by Gasteiger charge is 2.70. The van der Waals surface area contributed by atoms with E-state index in [0.717, 1.165) is 44.9 Å². The number of carboxylic acids is 1. The fourth-order valence-corrected chi connectivity index (χ4v) is 14.7. The highest BCUT2D eigenvalue weighted by molar-refractivity contribution is 5.79. The Bertz CT molecular complexity index is 1820. The Kier molecular flexibility index (Phi) is 13.1. The first-order valence-electron chi connectivity index (χ1n) is 23.7. The van der Waals surface area contributed by atoms with E-state index in [0.29, 0.717) is 19.3 Å². The summed E-state index contributed by atoms with van der Waals surface area (Å²) in [4.78, 5) is 27.0. The fraction of sp³-hybridized carbons (Fsp3) is 0.915. The Morgan fingerprint density at radius 3 is 2.06 bits per heavy atom. The van der Waals surface area contributed by atoms with Gasteiger partial charge in [0.1, 0.15) is 61.0 Å². The van der Waals surface area contributed by atoms with Gasteiger partial charge < -0.3 is 79.5 Å². The molecule has 0 bridgehead atoms. The number of allylic oxidation sites excluding steroid dienone is 2. The van der Waals surface area contributed by atoms with Crippen LogP contribution in [0.1, 0.15) is 113 Å². The molecule has 5 aliphatic carbocycles. The third-order valence-corrected chi connectivity index (χ3v) is 18.9. The Labute approximate surface area is 380 Å². The number of aliphatic carboxylic acids is 1. The first-order valence-corrected chi connectivity index (χ1v) is 23.7. The van der Waals surface area contributed by atoms with Gasteiger partial charge in [-0.25, -0.2) is 4.79 Å². The van der Waals surface area contributed by atoms with E-state index in [9.17, 15) is 60.7 Å². The van der Waals surface area contributed by atoms with Crippen molar-refractivity contribution in [3.8, 4) is 0 Å². The standard InChI is InChI=1S/C47H74O18/c1-42(2)14-16-47(41(59)65-39-32(54)30(52)29(51)24(19-48)61-39)17-15-45(6)21(22(47)18-42)8-9-26-44(5)12-11-27(43(3,4)25(44)10-13-46(26,45)7)62-40-34(56)35(33(55)36(64-40)37(57)58)63-38-31(53)28(50)23(49)20-60-38/h8,22-36,38-40,48-56H,9-20H2,1-7H3,(H,57,58)/t22-,23-,24+,25-,26+,27-,28-,29+,30-,31-,32+,33-,34+,35-,36-,38-,39-,40+,44-,45+,46+,47-/m0/s1. The normalized spacial score (nSPS) is 52.7. The molecule has 370 valence electrons. The molecule has 0 aromatic rings. The maximum atomic E-state index is 14.7. The van der Waals surface area contributed by atoms with Gasteiger partial charge in [-0.1, -0.05) is 60.1 Å². The number of esters is 1. The molecule has 4 saturated carbocycles. The molecule has 18 nitrogen and oxygen atoms in total. The predicted molar refractivity (Wildman–Crippen MR) is 225 cm³/mol. The molecule has 3 saturated heterocycles. The van der Waals surface area contributed by atoms with Crippen LogP contribution in [0.4, 0.5) is 0 Å². The largest absolute Gasteiger partial charge is 0.479 e. The third-order valence-electron chi connectivity index (χ3n) is 18.9. The van der Waals surface area contributed by atoms with Crippen molar-refractivity contribution >= 4 is 11.9 Å². The molecule has 3 aliphatic heterocycles. The van der Waals surface area contributed by atoms with E-state index in [1.807, 2.05) is 0 Å². The van der Waals surface area contributed by atoms with E-state index >= 15 is 0 Å². The van der Waals surface area contributed by atoms with Crippen molar-refractivity contribution in [1.82, 2.24) is 0 Å². The van der Waals surface area contributed by atoms with Crippen molar-refractivity contribution in [2.45, 2.75) is 205 Å². The summed E-state index contributed by atoms with van der Waals surface area (Å²) < 4.78 is 35.1. The SMILES string of the molecule is CC1(C)CC[C@]2(C(=O)O[C@@H]3O[C@H](CO)[C@@H](O)[C@H](O)[C@H]3O)CC[C@]3(C)C(=CC[C@@H]4[C@@]5(C)CC[C@H](O[C@@H]6O[C@H](C(=O)O)[C@@H](O)[C@H](O[C@@H]7OC[C@H](O)[C@H](O)[C@@H]7O)[C@H]6O)C(C)(C)[C@@H]5CC[C@]43C)[C@@H]2C1. The summed E-state index contributed by atoms with van der Waals surface area (Å²) in [7, 11) is 0. The van der Waals surface area contributed by atoms with E-state index in [1.54, 1.807) is 0 Å². The molecule has 3 heterocycles. The molecular weight excluding hydrogens is 852 g/mol. The molecule has 0 amide bonds. The van der Waals surface area contributed by atoms with Crippen LogP contribution in [-0.2, 0) is 38.0 Å². The second-order valence-electron chi connectivity index (χ2n) is 23.1. The molecule has 8 aliphatic rings. The number of hydrogen-bond donors (Lipinski definition) is 10. The second-order valence-corrected chi connectivity index (χ2v) is 23.1. The lowest BCUT2D eigenvalue weighted by atomic mass is 9.33. The van der Waals surface area contributed by atoms with Crippen LogP contribution >= 0.6 is 0 Å². The summed E-state index contributed by atoms with van der Waals surface area (Å²) in [5.74, 6) is -1.80. The minimum atomic E-state index is -1.90. The van der Waals surface area contributed by atoms with Crippen LogP contribution in [0.2, 0.25) is 0 Å². The van der Waals surface area contributed by atoms with Crippen molar-refractivity contribution in [3.63, 3.8) is 0 Å². The summed E-state index contributed by atoms with van der Waals surface area (Å²) in [6, 6.07) is 0. The number of hydrogen-bond acceptors (Lipinski definition) is 17. The second kappa shape index (κ2) is 17.2. The summed E-state index contributed by atoms with van der Waals surface area (Å²) in [6.45, 7) is 14.9. The zero-order valence-electron chi connectivity index (χ0n) is 38.7. The van der Waals surface area contributed by atoms with Crippen molar-refractivity contribution in [1.29, 1.82) is 0 Å². The topological polar surface area (TPSA) is 292 Å². The van der Waals surface area contributed by atoms with Gasteiger partial charge in [0, 0.05) is 0 Å². The van der Waals surface area contributed by atoms with E-state index in [2.05, 4.69) is 54.5 Å². The number of aliphatic hydroxyl groups is 9. The number of rotatable bonds is 8. The Hall–Kier alpha value is -1.88. The molecule has 10 N–H and O–H groups in total. The molecule has 7 fully saturated rings. The Balaban J connectivity index is 1.03. The van der Waals surface area contributed by atoms with E-state index in [-0.39, 0.29) is 39.4 Å². The highest BCUT2D eigenvalue weighted by Crippen LogP contribution is 2.76. The molecule has 18 heteroatoms. The average Bonchev–Trinajstić information content (AvgIpc) is 3.24. The maximum Gasteiger partial charge on any atom is 0.335 e. The number of carbonyl (C=O) groups is 2. The first-order chi connectivity index (χ1) is 30.3. The van der Waals surface area contributed by atoms with Gasteiger partial charge in [0.15, 0.2) is 18.7 Å². The molecular formula is C47H74O18. The number of ether oxygens (including phenoxy) is 6. The van der Waals surface area contributed by atoms with Crippen LogP contribution in [-0.4, -0.2) is 168 Å². The van der Waals surface area contributed by atoms with Gasteiger partial charge in [0.25, 0.3) is 0 Å². The molecule has 8 rings (SSSR count). The van der Waals surface area contributed by atoms with Crippen molar-refractivity contribution in [2.75, 3.05) is 13.2 Å². The molecule has 22 atom stereocenters. The van der Waals surface area contributed by atoms with Crippen LogP contribution < -0.4 is 0 Å². The predicted octanol–water partition coefficient (Wildman–Crippen LogP) is 0.872. The van der Waals surface area contributed by atoms with Crippen molar-refractivity contribution in [3.05, 3.63) is 11.6 Å². The number of fused-ring (bicyclic) bond motifs is 7. The van der Waals surface area contributed by atoms with Gasteiger partial charge in [0.2, 0.25) is 6.29 Å². The number of aliphatic hydroxyl groups excluding tert-OH is 9. The molecule has 65 heavy (non-hydrogen) atoms. The molecule has 0 aromatic heterocycles. The number of carbonyl (C=O) groups excluding carboxylic acids is 1. The van der Waals surface area contributed by atoms with Crippen molar-refractivity contribution in [2.24, 2.45) is 50.2 Å². The Morgan fingerprint density at radius 2 is 1.38 bits per heavy atom. The lowest BCUT2D eigenvalue weighted by Crippen LogP contribution is -2.67. The fourth-order valence-electron chi connectivity index (χ4n) is 14.7. The quantitative estimate of drug-likeness (QED) is 0.0918. The summed E-state index contributed by atoms with van der Waals surface area (Å²) >= 11 is 0. The van der Waals surface area contributed by atoms with Crippen LogP contribution in [0.5, 0.6) is 0 Å². The van der Waals surface area contributed by atoms with Gasteiger partial charge in [-0.05, 0) is 109 Å². The summed E-state index contributed by atoms with van der Waals surface area (Å²) in [5, 5.41) is 105. The third kappa shape index (κ3) is 7.76. The highest BCUT2D eigenvalue weighted by atomic mass is 16.7. The summed E-state index contributed by atoms with van der Waals surface area (Å²) in [6.07, 6.45) is -13.7. The van der Waals surface area contributed by atoms with E-state index in [1.165, 1.54) is 5.57 Å². The van der Waals surface area contributed by atoms with Crippen LogP contribution in [0, 0.1) is 50.2 Å². The first kappa shape index (κ1) is 49.5. The molecule has 0 spiro atoms. The van der Waals surface area contributed by atoms with Crippen LogP contribution in [0.25, 0.3) is 0 Å². The smallest absolute Gasteiger partial charge is 0.335 e. The van der Waals surface area contributed by atoms with Gasteiger partial charge in [-0.2, -0.15) is 0 Å². The lowest BCUT2D eigenvalue weighted by Gasteiger charge is -2.71. The van der Waals surface area contributed by atoms with Crippen LogP contribution in [0.3, 0.4) is 0 Å². The van der Waals surface area contributed by atoms with E-state index < -0.39 is 128 Å². The van der Waals surface area contributed by atoms with Gasteiger partial charge in [-0.3, -0.25) is 4.79 Å². The monoisotopic (exact) mass is 926 g/mol. The molecule has 0 aromatic carbocycles. The minimum absolute atomic E-state index is 0.0677. The van der Waals surface area contributed by atoms with Crippen LogP contribution in [0.15, 0.2) is 11.6 Å². The zero-order valence-corrected chi connectivity index (χ0v) is 38.7. The van der Waals surface area contributed by atoms with Crippen molar-refractivity contribution < 1.29 is 89.1 Å². The van der Waals surface area contributed by atoms with Gasteiger partial charge in [-0.15, -0.1) is 0 Å². The molecule has 0 unspecified atom stereocenters. The molecule has 0 radical (unpaired) electrons. The summed E-state index contributed by atoms with van der Waals surface area (Å²) in [5.41, 5.74) is -0.846. The zero-order chi connectivity index (χ0) is 47.6. The van der Waals surface area contributed by atoms with Gasteiger partial charge in [0.05, 0.1) is 24.7 Å². The number of carboxylic acid groups (broad SMARTS) is 1. The Morgan fingerprint density at radius 1 is 0.708 bits per heavy atom. The van der Waals surface area contributed by atoms with E-state index in [4.69, 9.17) is 28.4 Å². The van der Waals surface area contributed by atoms with Gasteiger partial charge >= 0.3 is 11.9 Å². The minimum Gasteiger partial charge on any atom is -0.479 e. The lowest BCUT2D eigenvalue weighted by molar-refractivity contribution is -0.357.